The maximum Gasteiger partial charge on any atom is 0.305 e. The molecule has 1 aliphatic rings. The molecule has 0 aromatic heterocycles. The fourth-order valence-corrected chi connectivity index (χ4v) is 6.13. The van der Waals surface area contributed by atoms with E-state index >= 15 is 0 Å². The first-order chi connectivity index (χ1) is 16.7. The minimum Gasteiger partial charge on any atom is -0.465 e. The fraction of sp³-hybridized carbons (Fsp3) is 0.654. The highest BCUT2D eigenvalue weighted by atomic mass is 33.1. The number of ether oxygens (including phenoxy) is 1. The molecule has 0 unspecified atom stereocenters. The Kier molecular flexibility index (Phi) is 13.4. The highest BCUT2D eigenvalue weighted by Gasteiger charge is 2.40. The Hall–Kier alpha value is -1.39. The lowest BCUT2D eigenvalue weighted by Crippen LogP contribution is -2.23. The highest BCUT2D eigenvalue weighted by Crippen LogP contribution is 2.38. The highest BCUT2D eigenvalue weighted by molar-refractivity contribution is 8.71. The molecule has 0 heterocycles. The second-order valence-corrected chi connectivity index (χ2v) is 13.9. The molecule has 1 saturated carbocycles. The van der Waals surface area contributed by atoms with Crippen LogP contribution in [0.4, 0.5) is 0 Å². The lowest BCUT2D eigenvalue weighted by molar-refractivity contribution is -0.143. The van der Waals surface area contributed by atoms with Crippen molar-refractivity contribution < 1.29 is 33.3 Å². The summed E-state index contributed by atoms with van der Waals surface area (Å²) < 4.78 is 27.1. The van der Waals surface area contributed by atoms with Gasteiger partial charge in [0.1, 0.15) is 6.61 Å². The van der Waals surface area contributed by atoms with E-state index in [0.717, 1.165) is 23.5 Å². The van der Waals surface area contributed by atoms with Crippen LogP contribution in [0.15, 0.2) is 42.5 Å². The van der Waals surface area contributed by atoms with E-state index in [1.807, 2.05) is 30.4 Å². The monoisotopic (exact) mass is 528 g/mol. The smallest absolute Gasteiger partial charge is 0.305 e. The first kappa shape index (κ1) is 29.8. The van der Waals surface area contributed by atoms with Crippen LogP contribution in [0.25, 0.3) is 0 Å². The van der Waals surface area contributed by atoms with E-state index < -0.39 is 27.2 Å². The summed E-state index contributed by atoms with van der Waals surface area (Å²) in [7, 11) is -2.36. The zero-order chi connectivity index (χ0) is 25.7. The average molecular weight is 529 g/mol. The molecule has 198 valence electrons. The molecule has 3 N–H and O–H groups in total. The van der Waals surface area contributed by atoms with Crippen molar-refractivity contribution in [3.8, 4) is 0 Å². The van der Waals surface area contributed by atoms with Crippen LogP contribution in [0.1, 0.15) is 56.9 Å². The van der Waals surface area contributed by atoms with Crippen LogP contribution in [0.3, 0.4) is 0 Å². The Bertz CT molecular complexity index is 873. The van der Waals surface area contributed by atoms with Gasteiger partial charge in [-0.3, -0.25) is 4.79 Å². The van der Waals surface area contributed by atoms with E-state index in [9.17, 15) is 28.5 Å². The summed E-state index contributed by atoms with van der Waals surface area (Å²) in [6.45, 7) is 0.0800. The maximum atomic E-state index is 11.7. The summed E-state index contributed by atoms with van der Waals surface area (Å²) in [6.07, 6.45) is 8.94. The number of carbonyl (C=O) groups excluding carboxylic acids is 1. The minimum absolute atomic E-state index is 0.0409. The molecule has 1 aliphatic carbocycles. The minimum atomic E-state index is -3.12. The maximum absolute atomic E-state index is 11.7. The van der Waals surface area contributed by atoms with Crippen molar-refractivity contribution in [2.45, 2.75) is 76.1 Å². The first-order valence-electron chi connectivity index (χ1n) is 12.4. The van der Waals surface area contributed by atoms with Gasteiger partial charge in [-0.05, 0) is 79.6 Å². The summed E-state index contributed by atoms with van der Waals surface area (Å²) in [4.78, 5) is 11.7. The van der Waals surface area contributed by atoms with Crippen LogP contribution in [-0.2, 0) is 24.8 Å². The number of hydrogen-bond acceptors (Lipinski definition) is 8. The van der Waals surface area contributed by atoms with Gasteiger partial charge in [0.2, 0.25) is 0 Å². The van der Waals surface area contributed by atoms with Crippen LogP contribution < -0.4 is 0 Å². The topological polar surface area (TPSA) is 121 Å². The van der Waals surface area contributed by atoms with Crippen LogP contribution in [0, 0.1) is 11.8 Å². The number of esters is 1. The van der Waals surface area contributed by atoms with E-state index in [4.69, 9.17) is 4.74 Å². The quantitative estimate of drug-likeness (QED) is 0.129. The first-order valence-corrected chi connectivity index (χ1v) is 15.8. The number of benzene rings is 1. The summed E-state index contributed by atoms with van der Waals surface area (Å²) in [6, 6.07) is 10.1. The van der Waals surface area contributed by atoms with Crippen molar-refractivity contribution >= 4 is 25.6 Å². The molecule has 9 heteroatoms. The third-order valence-electron chi connectivity index (χ3n) is 6.43. The zero-order valence-electron chi connectivity index (χ0n) is 20.5. The Labute approximate surface area is 213 Å². The summed E-state index contributed by atoms with van der Waals surface area (Å²) in [5.74, 6) is -0.195. The standard InChI is InChI=1S/C26H40O7S2/c1-35(31,32)34-18-17-33-26(30)12-8-3-2-7-11-22-23(25(29)19-24(22)28)16-15-21(27)14-13-20-9-5-4-6-10-20/h2,4-7,9-10,21-25,27-29H,3,8,11-19H2,1H3/t21-,22+,23+,24-,25+/m0/s1. The van der Waals surface area contributed by atoms with Crippen molar-refractivity contribution in [2.75, 3.05) is 18.6 Å². The molecule has 0 spiro atoms. The van der Waals surface area contributed by atoms with Crippen molar-refractivity contribution in [1.29, 1.82) is 0 Å². The number of rotatable bonds is 16. The van der Waals surface area contributed by atoms with E-state index in [0.29, 0.717) is 44.9 Å². The van der Waals surface area contributed by atoms with Crippen LogP contribution in [0.5, 0.6) is 0 Å². The summed E-state index contributed by atoms with van der Waals surface area (Å²) in [5, 5.41) is 31.3. The molecule has 7 nitrogen and oxygen atoms in total. The number of aliphatic hydroxyl groups excluding tert-OH is 3. The predicted molar refractivity (Wildman–Crippen MR) is 139 cm³/mol. The van der Waals surface area contributed by atoms with Gasteiger partial charge in [-0.2, -0.15) is 0 Å². The van der Waals surface area contributed by atoms with Gasteiger partial charge in [0.25, 0.3) is 0 Å². The summed E-state index contributed by atoms with van der Waals surface area (Å²) in [5.41, 5.74) is 1.20. The Morgan fingerprint density at radius 3 is 2.57 bits per heavy atom. The van der Waals surface area contributed by atoms with E-state index in [1.54, 1.807) is 0 Å². The van der Waals surface area contributed by atoms with E-state index in [-0.39, 0.29) is 36.6 Å². The molecule has 1 aromatic carbocycles. The van der Waals surface area contributed by atoms with E-state index in [2.05, 4.69) is 12.1 Å². The van der Waals surface area contributed by atoms with Gasteiger partial charge in [-0.15, -0.1) is 0 Å². The molecule has 0 amide bonds. The van der Waals surface area contributed by atoms with Gasteiger partial charge in [0.05, 0.1) is 18.3 Å². The van der Waals surface area contributed by atoms with Gasteiger partial charge in [0.15, 0.2) is 8.87 Å². The number of unbranched alkanes of at least 4 members (excludes halogenated alkanes) is 1. The second-order valence-electron chi connectivity index (χ2n) is 9.30. The number of carbonyl (C=O) groups is 1. The Balaban J connectivity index is 1.64. The largest absolute Gasteiger partial charge is 0.465 e. The molecule has 0 saturated heterocycles. The van der Waals surface area contributed by atoms with Gasteiger partial charge in [-0.25, -0.2) is 8.42 Å². The van der Waals surface area contributed by atoms with Crippen molar-refractivity contribution in [2.24, 2.45) is 11.8 Å². The van der Waals surface area contributed by atoms with Crippen molar-refractivity contribution in [3.05, 3.63) is 48.0 Å². The second kappa shape index (κ2) is 15.7. The predicted octanol–water partition coefficient (Wildman–Crippen LogP) is 3.47. The molecular weight excluding hydrogens is 488 g/mol. The third kappa shape index (κ3) is 12.4. The van der Waals surface area contributed by atoms with Crippen molar-refractivity contribution in [3.63, 3.8) is 0 Å². The molecule has 0 aliphatic heterocycles. The molecule has 0 bridgehead atoms. The van der Waals surface area contributed by atoms with Gasteiger partial charge in [-0.1, -0.05) is 42.5 Å². The molecule has 2 rings (SSSR count). The van der Waals surface area contributed by atoms with Gasteiger partial charge < -0.3 is 20.1 Å². The van der Waals surface area contributed by atoms with Gasteiger partial charge in [0, 0.05) is 18.4 Å². The summed E-state index contributed by atoms with van der Waals surface area (Å²) >= 11 is 0. The molecule has 1 aromatic rings. The number of hydrogen-bond donors (Lipinski definition) is 3. The Morgan fingerprint density at radius 2 is 1.86 bits per heavy atom. The zero-order valence-corrected chi connectivity index (χ0v) is 22.1. The Morgan fingerprint density at radius 1 is 1.14 bits per heavy atom. The molecule has 0 radical (unpaired) electrons. The van der Waals surface area contributed by atoms with E-state index in [1.165, 1.54) is 5.56 Å². The van der Waals surface area contributed by atoms with Crippen molar-refractivity contribution in [1.82, 2.24) is 0 Å². The SMILES string of the molecule is CS(=O)(=O)SCCOC(=O)CCCC=CC[C@@H]1[C@@H](CC[C@@H](O)CCc2ccccc2)[C@H](O)C[C@@H]1O. The van der Waals surface area contributed by atoms with Crippen LogP contribution in [0.2, 0.25) is 0 Å². The molecular formula is C26H40O7S2. The average Bonchev–Trinajstić information content (AvgIpc) is 3.08. The molecule has 5 atom stereocenters. The molecule has 1 fully saturated rings. The number of aliphatic hydroxyl groups is 3. The third-order valence-corrected chi connectivity index (χ3v) is 8.98. The van der Waals surface area contributed by atoms with Crippen LogP contribution >= 0.6 is 10.8 Å². The lowest BCUT2D eigenvalue weighted by atomic mass is 9.85. The normalized spacial score (nSPS) is 23.5. The molecule has 35 heavy (non-hydrogen) atoms. The lowest BCUT2D eigenvalue weighted by Gasteiger charge is -2.23. The number of aryl methyl sites for hydroxylation is 1. The van der Waals surface area contributed by atoms with Gasteiger partial charge >= 0.3 is 5.97 Å². The van der Waals surface area contributed by atoms with Crippen LogP contribution in [-0.4, -0.2) is 66.6 Å². The number of allylic oxidation sites excluding steroid dienone is 2. The fourth-order valence-electron chi connectivity index (χ4n) is 4.56.